The van der Waals surface area contributed by atoms with Crippen LogP contribution in [0.2, 0.25) is 0 Å². The lowest BCUT2D eigenvalue weighted by atomic mass is 10.2. The highest BCUT2D eigenvalue weighted by atomic mass is 16.6. The third-order valence-corrected chi connectivity index (χ3v) is 3.06. The molecule has 18 heavy (non-hydrogen) atoms. The van der Waals surface area contributed by atoms with Crippen molar-refractivity contribution in [1.29, 1.82) is 0 Å². The van der Waals surface area contributed by atoms with Crippen molar-refractivity contribution in [2.75, 3.05) is 12.4 Å². The smallest absolute Gasteiger partial charge is 0.372 e. The zero-order valence-electron chi connectivity index (χ0n) is 10.00. The largest absolute Gasteiger partial charge is 0.476 e. The van der Waals surface area contributed by atoms with Gasteiger partial charge in [0, 0.05) is 12.1 Å². The lowest BCUT2D eigenvalue weighted by Gasteiger charge is -2.17. The fraction of sp³-hybridized carbons (Fsp3) is 0.600. The van der Waals surface area contributed by atoms with Gasteiger partial charge in [0.05, 0.1) is 12.0 Å². The van der Waals surface area contributed by atoms with Crippen molar-refractivity contribution in [1.82, 2.24) is 9.97 Å². The maximum absolute atomic E-state index is 11.0. The third kappa shape index (κ3) is 2.33. The summed E-state index contributed by atoms with van der Waals surface area (Å²) in [5.74, 6) is 0.110. The summed E-state index contributed by atoms with van der Waals surface area (Å²) in [5, 5.41) is 14.0. The van der Waals surface area contributed by atoms with Crippen LogP contribution < -0.4 is 15.8 Å². The second-order valence-electron chi connectivity index (χ2n) is 4.18. The minimum atomic E-state index is -0.554. The van der Waals surface area contributed by atoms with Crippen LogP contribution in [0.4, 0.5) is 11.5 Å². The Morgan fingerprint density at radius 3 is 2.89 bits per heavy atom. The molecule has 0 amide bonds. The van der Waals surface area contributed by atoms with Crippen LogP contribution in [0.15, 0.2) is 6.33 Å². The van der Waals surface area contributed by atoms with Gasteiger partial charge in [-0.25, -0.2) is 4.98 Å². The topological polar surface area (TPSA) is 116 Å². The highest BCUT2D eigenvalue weighted by Crippen LogP contribution is 2.32. The van der Waals surface area contributed by atoms with Crippen molar-refractivity contribution in [2.45, 2.75) is 31.3 Å². The first-order valence-electron chi connectivity index (χ1n) is 5.69. The minimum absolute atomic E-state index is 0.00306. The molecule has 1 saturated carbocycles. The quantitative estimate of drug-likeness (QED) is 0.598. The van der Waals surface area contributed by atoms with E-state index < -0.39 is 4.92 Å². The molecule has 0 saturated heterocycles. The van der Waals surface area contributed by atoms with Gasteiger partial charge in [0.15, 0.2) is 0 Å². The highest BCUT2D eigenvalue weighted by Gasteiger charge is 2.29. The van der Waals surface area contributed by atoms with Gasteiger partial charge in [0.1, 0.15) is 6.33 Å². The molecule has 0 radical (unpaired) electrons. The molecule has 0 bridgehead atoms. The fourth-order valence-corrected chi connectivity index (χ4v) is 2.13. The van der Waals surface area contributed by atoms with Crippen molar-refractivity contribution in [3.8, 4) is 5.88 Å². The molecule has 1 fully saturated rings. The molecule has 1 aromatic rings. The number of nitrogens with zero attached hydrogens (tertiary/aromatic N) is 3. The molecule has 0 aliphatic heterocycles. The summed E-state index contributed by atoms with van der Waals surface area (Å²) in [4.78, 5) is 18.1. The Kier molecular flexibility index (Phi) is 3.56. The second kappa shape index (κ2) is 5.13. The normalized spacial score (nSPS) is 22.8. The Morgan fingerprint density at radius 2 is 2.33 bits per heavy atom. The van der Waals surface area contributed by atoms with E-state index in [1.807, 2.05) is 0 Å². The number of nitrogens with two attached hydrogens (primary N) is 1. The molecule has 1 aliphatic rings. The number of methoxy groups -OCH3 is 1. The molecule has 1 heterocycles. The molecule has 2 rings (SSSR count). The number of aromatic nitrogens is 2. The Hall–Kier alpha value is -1.96. The monoisotopic (exact) mass is 253 g/mol. The van der Waals surface area contributed by atoms with Crippen molar-refractivity contribution in [3.63, 3.8) is 0 Å². The summed E-state index contributed by atoms with van der Waals surface area (Å²) < 4.78 is 4.87. The molecule has 98 valence electrons. The van der Waals surface area contributed by atoms with Crippen LogP contribution in [-0.4, -0.2) is 34.1 Å². The van der Waals surface area contributed by atoms with Crippen LogP contribution in [-0.2, 0) is 0 Å². The van der Waals surface area contributed by atoms with Crippen LogP contribution in [0.25, 0.3) is 0 Å². The number of nitro groups is 1. The number of anilines is 1. The maximum Gasteiger partial charge on any atom is 0.372 e. The average molecular weight is 253 g/mol. The van der Waals surface area contributed by atoms with Crippen LogP contribution >= 0.6 is 0 Å². The number of nitrogens with one attached hydrogen (secondary N) is 1. The van der Waals surface area contributed by atoms with Gasteiger partial charge >= 0.3 is 5.69 Å². The van der Waals surface area contributed by atoms with Gasteiger partial charge in [-0.1, -0.05) is 0 Å². The lowest BCUT2D eigenvalue weighted by Crippen LogP contribution is -2.35. The van der Waals surface area contributed by atoms with Crippen molar-refractivity contribution >= 4 is 11.5 Å². The Labute approximate surface area is 104 Å². The van der Waals surface area contributed by atoms with E-state index in [1.54, 1.807) is 0 Å². The second-order valence-corrected chi connectivity index (χ2v) is 4.18. The van der Waals surface area contributed by atoms with Gasteiger partial charge in [-0.05, 0) is 19.3 Å². The molecule has 0 aromatic carbocycles. The SMILES string of the molecule is COc1ncnc(NC2CCCC2N)c1[N+](=O)[O-]. The van der Waals surface area contributed by atoms with E-state index in [2.05, 4.69) is 15.3 Å². The van der Waals surface area contributed by atoms with E-state index in [4.69, 9.17) is 10.5 Å². The van der Waals surface area contributed by atoms with E-state index >= 15 is 0 Å². The van der Waals surface area contributed by atoms with E-state index in [1.165, 1.54) is 13.4 Å². The standard InChI is InChI=1S/C10H15N5O3/c1-18-10-8(15(16)17)9(12-5-13-10)14-7-4-2-3-6(7)11/h5-7H,2-4,11H2,1H3,(H,12,13,14). The molecule has 0 spiro atoms. The maximum atomic E-state index is 11.0. The molecular weight excluding hydrogens is 238 g/mol. The highest BCUT2D eigenvalue weighted by molar-refractivity contribution is 5.61. The van der Waals surface area contributed by atoms with Crippen LogP contribution in [0, 0.1) is 10.1 Å². The van der Waals surface area contributed by atoms with Gasteiger partial charge in [0.25, 0.3) is 5.88 Å². The number of rotatable bonds is 4. The molecule has 8 nitrogen and oxygen atoms in total. The molecular formula is C10H15N5O3. The summed E-state index contributed by atoms with van der Waals surface area (Å²) in [6.45, 7) is 0. The first-order chi connectivity index (χ1) is 8.63. The van der Waals surface area contributed by atoms with E-state index in [-0.39, 0.29) is 29.5 Å². The molecule has 3 N–H and O–H groups in total. The number of hydrogen-bond donors (Lipinski definition) is 2. The summed E-state index contributed by atoms with van der Waals surface area (Å²) in [6, 6.07) is -0.00568. The first-order valence-corrected chi connectivity index (χ1v) is 5.69. The minimum Gasteiger partial charge on any atom is -0.476 e. The molecule has 1 aliphatic carbocycles. The predicted molar refractivity (Wildman–Crippen MR) is 64.5 cm³/mol. The summed E-state index contributed by atoms with van der Waals surface area (Å²) in [7, 11) is 1.33. The molecule has 2 unspecified atom stereocenters. The zero-order valence-corrected chi connectivity index (χ0v) is 10.00. The van der Waals surface area contributed by atoms with Gasteiger partial charge in [-0.15, -0.1) is 0 Å². The Morgan fingerprint density at radius 1 is 1.56 bits per heavy atom. The van der Waals surface area contributed by atoms with Crippen molar-refractivity contribution < 1.29 is 9.66 Å². The van der Waals surface area contributed by atoms with E-state index in [0.29, 0.717) is 0 Å². The van der Waals surface area contributed by atoms with Gasteiger partial charge in [0.2, 0.25) is 5.82 Å². The Balaban J connectivity index is 2.29. The van der Waals surface area contributed by atoms with Crippen LogP contribution in [0.1, 0.15) is 19.3 Å². The summed E-state index contributed by atoms with van der Waals surface area (Å²) >= 11 is 0. The van der Waals surface area contributed by atoms with E-state index in [0.717, 1.165) is 19.3 Å². The van der Waals surface area contributed by atoms with E-state index in [9.17, 15) is 10.1 Å². The van der Waals surface area contributed by atoms with Gasteiger partial charge in [-0.3, -0.25) is 10.1 Å². The third-order valence-electron chi connectivity index (χ3n) is 3.06. The summed E-state index contributed by atoms with van der Waals surface area (Å²) in [5.41, 5.74) is 5.67. The summed E-state index contributed by atoms with van der Waals surface area (Å²) in [6.07, 6.45) is 4.03. The zero-order chi connectivity index (χ0) is 13.1. The van der Waals surface area contributed by atoms with Crippen molar-refractivity contribution in [3.05, 3.63) is 16.4 Å². The average Bonchev–Trinajstić information content (AvgIpc) is 2.74. The molecule has 8 heteroatoms. The molecule has 2 atom stereocenters. The lowest BCUT2D eigenvalue weighted by molar-refractivity contribution is -0.385. The van der Waals surface area contributed by atoms with Gasteiger partial charge in [-0.2, -0.15) is 4.98 Å². The number of ether oxygens (including phenoxy) is 1. The molecule has 1 aromatic heterocycles. The fourth-order valence-electron chi connectivity index (χ4n) is 2.13. The number of hydrogen-bond acceptors (Lipinski definition) is 7. The van der Waals surface area contributed by atoms with Crippen molar-refractivity contribution in [2.24, 2.45) is 5.73 Å². The Bertz CT molecular complexity index is 453. The first kappa shape index (κ1) is 12.5. The van der Waals surface area contributed by atoms with Crippen LogP contribution in [0.3, 0.4) is 0 Å². The van der Waals surface area contributed by atoms with Gasteiger partial charge < -0.3 is 15.8 Å². The van der Waals surface area contributed by atoms with Crippen LogP contribution in [0.5, 0.6) is 5.88 Å². The predicted octanol–water partition coefficient (Wildman–Crippen LogP) is 0.685.